The van der Waals surface area contributed by atoms with Crippen molar-refractivity contribution in [3.8, 4) is 0 Å². The number of alkyl halides is 3. The van der Waals surface area contributed by atoms with Gasteiger partial charge < -0.3 is 10.0 Å². The molecular weight excluding hydrogens is 299 g/mol. The Hall–Kier alpha value is -2.05. The Balaban J connectivity index is 2.15. The number of hydrogen-bond donors (Lipinski definition) is 1. The molecule has 1 aromatic carbocycles. The van der Waals surface area contributed by atoms with E-state index in [1.165, 1.54) is 24.0 Å². The summed E-state index contributed by atoms with van der Waals surface area (Å²) in [6, 6.07) is 3.44. The van der Waals surface area contributed by atoms with Crippen molar-refractivity contribution in [1.82, 2.24) is 4.90 Å². The second-order valence-corrected chi connectivity index (χ2v) is 5.42. The number of halogens is 3. The summed E-state index contributed by atoms with van der Waals surface area (Å²) in [7, 11) is 0. The zero-order valence-corrected chi connectivity index (χ0v) is 11.9. The van der Waals surface area contributed by atoms with E-state index in [1.807, 2.05) is 0 Å². The number of aliphatic carboxylic acids is 1. The number of carboxylic acids is 1. The van der Waals surface area contributed by atoms with Crippen LogP contribution in [0.1, 0.15) is 30.9 Å². The second-order valence-electron chi connectivity index (χ2n) is 5.42. The topological polar surface area (TPSA) is 57.6 Å². The average molecular weight is 315 g/mol. The number of carbonyl (C=O) groups excluding carboxylic acids is 1. The third-order valence-corrected chi connectivity index (χ3v) is 3.61. The smallest absolute Gasteiger partial charge is 0.416 e. The number of hydrogen-bond acceptors (Lipinski definition) is 2. The van der Waals surface area contributed by atoms with Crippen LogP contribution in [0.15, 0.2) is 24.3 Å². The quantitative estimate of drug-likeness (QED) is 0.909. The summed E-state index contributed by atoms with van der Waals surface area (Å²) in [5.41, 5.74) is -0.592. The maximum Gasteiger partial charge on any atom is 0.416 e. The van der Waals surface area contributed by atoms with E-state index in [1.54, 1.807) is 0 Å². The molecule has 2 rings (SSSR count). The van der Waals surface area contributed by atoms with E-state index in [9.17, 15) is 22.8 Å². The number of benzene rings is 1. The number of rotatable bonds is 5. The highest BCUT2D eigenvalue weighted by Gasteiger charge is 2.38. The molecule has 22 heavy (non-hydrogen) atoms. The summed E-state index contributed by atoms with van der Waals surface area (Å²) in [6.07, 6.45) is -3.25. The Labute approximate surface area is 125 Å². The molecule has 0 spiro atoms. The summed E-state index contributed by atoms with van der Waals surface area (Å²) in [4.78, 5) is 24.6. The highest BCUT2D eigenvalue weighted by Crippen LogP contribution is 2.31. The first-order valence-electron chi connectivity index (χ1n) is 6.90. The fourth-order valence-electron chi connectivity index (χ4n) is 2.33. The standard InChI is InChI=1S/C15H16F3NO3/c1-9(14(21)22)19(12-5-6-12)13(20)8-10-3-2-4-11(7-10)15(16,17)18/h2-4,7,9,12H,5-6,8H2,1H3,(H,21,22). The van der Waals surface area contributed by atoms with E-state index in [2.05, 4.69) is 0 Å². The van der Waals surface area contributed by atoms with Crippen LogP contribution in [0.25, 0.3) is 0 Å². The first-order chi connectivity index (χ1) is 10.2. The highest BCUT2D eigenvalue weighted by atomic mass is 19.4. The van der Waals surface area contributed by atoms with Gasteiger partial charge in [-0.15, -0.1) is 0 Å². The van der Waals surface area contributed by atoms with Crippen molar-refractivity contribution in [2.45, 2.75) is 44.4 Å². The van der Waals surface area contributed by atoms with Crippen molar-refractivity contribution < 1.29 is 27.9 Å². The van der Waals surface area contributed by atoms with Crippen molar-refractivity contribution in [3.63, 3.8) is 0 Å². The zero-order chi connectivity index (χ0) is 16.5. The predicted molar refractivity (Wildman–Crippen MR) is 72.1 cm³/mol. The molecule has 1 aromatic rings. The van der Waals surface area contributed by atoms with Gasteiger partial charge in [0.05, 0.1) is 12.0 Å². The maximum absolute atomic E-state index is 12.7. The monoisotopic (exact) mass is 315 g/mol. The van der Waals surface area contributed by atoms with E-state index >= 15 is 0 Å². The molecule has 0 bridgehead atoms. The molecule has 120 valence electrons. The van der Waals surface area contributed by atoms with Crippen LogP contribution in [0, 0.1) is 0 Å². The molecular formula is C15H16F3NO3. The summed E-state index contributed by atoms with van der Waals surface area (Å²) in [6.45, 7) is 1.41. The maximum atomic E-state index is 12.7. The van der Waals surface area contributed by atoms with Crippen LogP contribution in [0.3, 0.4) is 0 Å². The van der Waals surface area contributed by atoms with Crippen LogP contribution in [0.2, 0.25) is 0 Å². The van der Waals surface area contributed by atoms with Gasteiger partial charge in [-0.25, -0.2) is 4.79 Å². The molecule has 0 heterocycles. The van der Waals surface area contributed by atoms with Crippen LogP contribution < -0.4 is 0 Å². The number of carboxylic acid groups (broad SMARTS) is 1. The van der Waals surface area contributed by atoms with Crippen molar-refractivity contribution >= 4 is 11.9 Å². The molecule has 1 aliphatic carbocycles. The summed E-state index contributed by atoms with van der Waals surface area (Å²) in [5, 5.41) is 9.05. The third-order valence-electron chi connectivity index (χ3n) is 3.61. The normalized spacial score (nSPS) is 16.2. The van der Waals surface area contributed by atoms with Gasteiger partial charge in [-0.2, -0.15) is 13.2 Å². The lowest BCUT2D eigenvalue weighted by Crippen LogP contribution is -2.45. The molecule has 1 fully saturated rings. The van der Waals surface area contributed by atoms with Gasteiger partial charge in [-0.1, -0.05) is 18.2 Å². The van der Waals surface area contributed by atoms with Crippen molar-refractivity contribution in [1.29, 1.82) is 0 Å². The fraction of sp³-hybridized carbons (Fsp3) is 0.467. The Morgan fingerprint density at radius 3 is 2.50 bits per heavy atom. The Kier molecular flexibility index (Phi) is 4.44. The molecule has 1 N–H and O–H groups in total. The minimum Gasteiger partial charge on any atom is -0.480 e. The molecule has 1 unspecified atom stereocenters. The van der Waals surface area contributed by atoms with E-state index in [0.717, 1.165) is 25.0 Å². The van der Waals surface area contributed by atoms with Crippen molar-refractivity contribution in [2.24, 2.45) is 0 Å². The summed E-state index contributed by atoms with van der Waals surface area (Å²) in [5.74, 6) is -1.58. The van der Waals surface area contributed by atoms with Crippen LogP contribution in [0.5, 0.6) is 0 Å². The van der Waals surface area contributed by atoms with Gasteiger partial charge in [0.2, 0.25) is 5.91 Å². The van der Waals surface area contributed by atoms with Gasteiger partial charge in [-0.3, -0.25) is 4.79 Å². The summed E-state index contributed by atoms with van der Waals surface area (Å²) < 4.78 is 38.0. The second kappa shape index (κ2) is 5.98. The van der Waals surface area contributed by atoms with E-state index in [-0.39, 0.29) is 18.0 Å². The third kappa shape index (κ3) is 3.78. The minimum absolute atomic E-state index is 0.121. The van der Waals surface area contributed by atoms with Gasteiger partial charge in [0.1, 0.15) is 6.04 Å². The van der Waals surface area contributed by atoms with Crippen LogP contribution >= 0.6 is 0 Å². The Morgan fingerprint density at radius 1 is 1.36 bits per heavy atom. The van der Waals surface area contributed by atoms with Crippen molar-refractivity contribution in [2.75, 3.05) is 0 Å². The summed E-state index contributed by atoms with van der Waals surface area (Å²) >= 11 is 0. The highest BCUT2D eigenvalue weighted by molar-refractivity contribution is 5.85. The minimum atomic E-state index is -4.47. The van der Waals surface area contributed by atoms with Gasteiger partial charge in [0.15, 0.2) is 0 Å². The lowest BCUT2D eigenvalue weighted by atomic mass is 10.1. The molecule has 0 aromatic heterocycles. The molecule has 1 atom stereocenters. The predicted octanol–water partition coefficient (Wildman–Crippen LogP) is 2.71. The largest absolute Gasteiger partial charge is 0.480 e. The fourth-order valence-corrected chi connectivity index (χ4v) is 2.33. The van der Waals surface area contributed by atoms with E-state index in [4.69, 9.17) is 5.11 Å². The molecule has 1 saturated carbocycles. The van der Waals surface area contributed by atoms with E-state index < -0.39 is 29.7 Å². The first-order valence-corrected chi connectivity index (χ1v) is 6.90. The number of nitrogens with zero attached hydrogens (tertiary/aromatic N) is 1. The zero-order valence-electron chi connectivity index (χ0n) is 11.9. The molecule has 0 saturated heterocycles. The molecule has 1 amide bonds. The van der Waals surface area contributed by atoms with Gasteiger partial charge in [0.25, 0.3) is 0 Å². The lowest BCUT2D eigenvalue weighted by molar-refractivity contribution is -0.149. The van der Waals surface area contributed by atoms with E-state index in [0.29, 0.717) is 0 Å². The molecule has 1 aliphatic rings. The SMILES string of the molecule is CC(C(=O)O)N(C(=O)Cc1cccc(C(F)(F)F)c1)C1CC1. The Bertz CT molecular complexity index is 582. The van der Waals surface area contributed by atoms with Gasteiger partial charge in [-0.05, 0) is 31.4 Å². The van der Waals surface area contributed by atoms with Crippen LogP contribution in [-0.2, 0) is 22.2 Å². The average Bonchev–Trinajstić information content (AvgIpc) is 3.22. The van der Waals surface area contributed by atoms with Crippen molar-refractivity contribution in [3.05, 3.63) is 35.4 Å². The van der Waals surface area contributed by atoms with Crippen LogP contribution in [0.4, 0.5) is 13.2 Å². The number of amides is 1. The van der Waals surface area contributed by atoms with Gasteiger partial charge >= 0.3 is 12.1 Å². The Morgan fingerprint density at radius 2 is 2.00 bits per heavy atom. The van der Waals surface area contributed by atoms with Crippen LogP contribution in [-0.4, -0.2) is 34.0 Å². The van der Waals surface area contributed by atoms with Gasteiger partial charge in [0, 0.05) is 6.04 Å². The molecule has 7 heteroatoms. The first kappa shape index (κ1) is 16.3. The lowest BCUT2D eigenvalue weighted by Gasteiger charge is -2.26. The molecule has 0 aliphatic heterocycles. The molecule has 0 radical (unpaired) electrons. The number of carbonyl (C=O) groups is 2. The molecule has 4 nitrogen and oxygen atoms in total.